The van der Waals surface area contributed by atoms with Gasteiger partial charge in [0.2, 0.25) is 5.91 Å². The molecule has 5 heteroatoms. The maximum absolute atomic E-state index is 11.7. The SMILES string of the molecule is CNC(C)(CC(C)N1CCOC2CCCCC21)C(N)=O. The Balaban J connectivity index is 2.03. The molecule has 1 saturated carbocycles. The van der Waals surface area contributed by atoms with Gasteiger partial charge in [-0.15, -0.1) is 0 Å². The Kier molecular flexibility index (Phi) is 5.04. The number of likely N-dealkylation sites (N-methyl/N-ethyl adjacent to an activating group) is 1. The molecule has 1 saturated heterocycles. The maximum Gasteiger partial charge on any atom is 0.237 e. The van der Waals surface area contributed by atoms with Gasteiger partial charge in [-0.3, -0.25) is 9.69 Å². The van der Waals surface area contributed by atoms with Crippen LogP contribution in [0.3, 0.4) is 0 Å². The molecule has 1 amide bonds. The first-order valence-electron chi connectivity index (χ1n) is 7.84. The van der Waals surface area contributed by atoms with Crippen LogP contribution in [0.2, 0.25) is 0 Å². The smallest absolute Gasteiger partial charge is 0.237 e. The second kappa shape index (κ2) is 6.41. The highest BCUT2D eigenvalue weighted by molar-refractivity contribution is 5.84. The Morgan fingerprint density at radius 1 is 1.50 bits per heavy atom. The van der Waals surface area contributed by atoms with Crippen molar-refractivity contribution in [2.24, 2.45) is 5.73 Å². The molecule has 4 unspecified atom stereocenters. The van der Waals surface area contributed by atoms with E-state index in [9.17, 15) is 4.79 Å². The molecule has 0 aromatic heterocycles. The summed E-state index contributed by atoms with van der Waals surface area (Å²) in [6.07, 6.45) is 6.07. The van der Waals surface area contributed by atoms with Gasteiger partial charge in [-0.25, -0.2) is 0 Å². The second-order valence-corrected chi connectivity index (χ2v) is 6.50. The van der Waals surface area contributed by atoms with E-state index in [-0.39, 0.29) is 5.91 Å². The summed E-state index contributed by atoms with van der Waals surface area (Å²) in [6.45, 7) is 5.86. The summed E-state index contributed by atoms with van der Waals surface area (Å²) in [5.74, 6) is -0.277. The average Bonchev–Trinajstić information content (AvgIpc) is 2.46. The topological polar surface area (TPSA) is 67.6 Å². The van der Waals surface area contributed by atoms with Crippen molar-refractivity contribution < 1.29 is 9.53 Å². The third-order valence-corrected chi connectivity index (χ3v) is 5.14. The molecule has 20 heavy (non-hydrogen) atoms. The molecule has 5 nitrogen and oxygen atoms in total. The van der Waals surface area contributed by atoms with Crippen LogP contribution in [-0.4, -0.2) is 54.7 Å². The number of hydrogen-bond donors (Lipinski definition) is 2. The van der Waals surface area contributed by atoms with E-state index < -0.39 is 5.54 Å². The van der Waals surface area contributed by atoms with Gasteiger partial charge in [-0.2, -0.15) is 0 Å². The van der Waals surface area contributed by atoms with E-state index in [2.05, 4.69) is 17.1 Å². The number of nitrogens with one attached hydrogen (secondary N) is 1. The quantitative estimate of drug-likeness (QED) is 0.786. The molecule has 3 N–H and O–H groups in total. The predicted octanol–water partition coefficient (Wildman–Crippen LogP) is 0.872. The molecule has 0 aromatic carbocycles. The van der Waals surface area contributed by atoms with Gasteiger partial charge in [-0.05, 0) is 40.2 Å². The number of morpholine rings is 1. The van der Waals surface area contributed by atoms with Crippen LogP contribution in [0, 0.1) is 0 Å². The molecule has 1 aliphatic heterocycles. The summed E-state index contributed by atoms with van der Waals surface area (Å²) in [5, 5.41) is 3.09. The first-order valence-corrected chi connectivity index (χ1v) is 7.84. The maximum atomic E-state index is 11.7. The van der Waals surface area contributed by atoms with Gasteiger partial charge in [0, 0.05) is 18.6 Å². The normalized spacial score (nSPS) is 32.1. The minimum Gasteiger partial charge on any atom is -0.375 e. The zero-order valence-electron chi connectivity index (χ0n) is 13.0. The van der Waals surface area contributed by atoms with E-state index >= 15 is 0 Å². The van der Waals surface area contributed by atoms with Crippen LogP contribution in [0.15, 0.2) is 0 Å². The number of primary amides is 1. The lowest BCUT2D eigenvalue weighted by atomic mass is 9.86. The summed E-state index contributed by atoms with van der Waals surface area (Å²) >= 11 is 0. The summed E-state index contributed by atoms with van der Waals surface area (Å²) in [4.78, 5) is 14.2. The van der Waals surface area contributed by atoms with Gasteiger partial charge in [0.1, 0.15) is 0 Å². The molecule has 1 aliphatic carbocycles. The Labute approximate surface area is 122 Å². The fourth-order valence-electron chi connectivity index (χ4n) is 3.71. The van der Waals surface area contributed by atoms with Crippen LogP contribution in [-0.2, 0) is 9.53 Å². The second-order valence-electron chi connectivity index (χ2n) is 6.50. The zero-order chi connectivity index (χ0) is 14.8. The van der Waals surface area contributed by atoms with Crippen molar-refractivity contribution in [3.63, 3.8) is 0 Å². The van der Waals surface area contributed by atoms with Gasteiger partial charge in [0.15, 0.2) is 0 Å². The lowest BCUT2D eigenvalue weighted by Crippen LogP contribution is -2.60. The molecule has 4 atom stereocenters. The lowest BCUT2D eigenvalue weighted by molar-refractivity contribution is -0.126. The van der Waals surface area contributed by atoms with Crippen molar-refractivity contribution in [2.45, 2.75) is 69.7 Å². The largest absolute Gasteiger partial charge is 0.375 e. The lowest BCUT2D eigenvalue weighted by Gasteiger charge is -2.47. The summed E-state index contributed by atoms with van der Waals surface area (Å²) in [6, 6.07) is 0.843. The van der Waals surface area contributed by atoms with E-state index in [0.717, 1.165) is 19.6 Å². The molecule has 0 spiro atoms. The number of hydrogen-bond acceptors (Lipinski definition) is 4. The van der Waals surface area contributed by atoms with Crippen LogP contribution >= 0.6 is 0 Å². The first-order chi connectivity index (χ1) is 9.48. The molecular formula is C15H29N3O2. The average molecular weight is 283 g/mol. The highest BCUT2D eigenvalue weighted by Crippen LogP contribution is 2.31. The summed E-state index contributed by atoms with van der Waals surface area (Å²) < 4.78 is 5.92. The molecular weight excluding hydrogens is 254 g/mol. The van der Waals surface area contributed by atoms with Crippen LogP contribution in [0.5, 0.6) is 0 Å². The van der Waals surface area contributed by atoms with Crippen LogP contribution < -0.4 is 11.1 Å². The predicted molar refractivity (Wildman–Crippen MR) is 79.4 cm³/mol. The Bertz CT molecular complexity index is 348. The minimum absolute atomic E-state index is 0.277. The number of amides is 1. The zero-order valence-corrected chi connectivity index (χ0v) is 13.0. The molecule has 1 heterocycles. The van der Waals surface area contributed by atoms with Crippen LogP contribution in [0.25, 0.3) is 0 Å². The first kappa shape index (κ1) is 15.7. The van der Waals surface area contributed by atoms with Gasteiger partial charge in [0.05, 0.1) is 18.2 Å². The molecule has 2 fully saturated rings. The highest BCUT2D eigenvalue weighted by atomic mass is 16.5. The molecule has 2 rings (SSSR count). The van der Waals surface area contributed by atoms with E-state index in [1.165, 1.54) is 25.7 Å². The molecule has 0 bridgehead atoms. The monoisotopic (exact) mass is 283 g/mol. The van der Waals surface area contributed by atoms with Crippen molar-refractivity contribution in [1.82, 2.24) is 10.2 Å². The molecule has 2 aliphatic rings. The Morgan fingerprint density at radius 3 is 2.85 bits per heavy atom. The number of carbonyl (C=O) groups is 1. The van der Waals surface area contributed by atoms with Crippen molar-refractivity contribution in [3.05, 3.63) is 0 Å². The van der Waals surface area contributed by atoms with Gasteiger partial charge < -0.3 is 15.8 Å². The number of nitrogens with two attached hydrogens (primary N) is 1. The Morgan fingerprint density at radius 2 is 2.20 bits per heavy atom. The number of ether oxygens (including phenoxy) is 1. The van der Waals surface area contributed by atoms with Crippen LogP contribution in [0.4, 0.5) is 0 Å². The van der Waals surface area contributed by atoms with Crippen LogP contribution in [0.1, 0.15) is 46.0 Å². The summed E-state index contributed by atoms with van der Waals surface area (Å²) in [5.41, 5.74) is 4.91. The molecule has 116 valence electrons. The van der Waals surface area contributed by atoms with E-state index in [0.29, 0.717) is 18.2 Å². The van der Waals surface area contributed by atoms with Crippen molar-refractivity contribution in [2.75, 3.05) is 20.2 Å². The van der Waals surface area contributed by atoms with E-state index in [1.54, 1.807) is 7.05 Å². The van der Waals surface area contributed by atoms with Gasteiger partial charge in [-0.1, -0.05) is 12.8 Å². The fourth-order valence-corrected chi connectivity index (χ4v) is 3.71. The standard InChI is InChI=1S/C15H29N3O2/c1-11(10-15(2,17-3)14(16)19)18-8-9-20-13-7-5-4-6-12(13)18/h11-13,17H,4-10H2,1-3H3,(H2,16,19). The minimum atomic E-state index is -0.637. The van der Waals surface area contributed by atoms with Crippen molar-refractivity contribution in [1.29, 1.82) is 0 Å². The molecule has 0 radical (unpaired) electrons. The third-order valence-electron chi connectivity index (χ3n) is 5.14. The van der Waals surface area contributed by atoms with Crippen molar-refractivity contribution >= 4 is 5.91 Å². The Hall–Kier alpha value is -0.650. The van der Waals surface area contributed by atoms with Gasteiger partial charge in [0.25, 0.3) is 0 Å². The fraction of sp³-hybridized carbons (Fsp3) is 0.933. The third kappa shape index (κ3) is 3.15. The molecule has 0 aromatic rings. The highest BCUT2D eigenvalue weighted by Gasteiger charge is 2.39. The number of fused-ring (bicyclic) bond motifs is 1. The summed E-state index contributed by atoms with van der Waals surface area (Å²) in [7, 11) is 1.81. The number of carbonyl (C=O) groups excluding carboxylic acids is 1. The van der Waals surface area contributed by atoms with E-state index in [1.807, 2.05) is 6.92 Å². The van der Waals surface area contributed by atoms with Crippen molar-refractivity contribution in [3.8, 4) is 0 Å². The number of rotatable bonds is 5. The number of nitrogens with zero attached hydrogens (tertiary/aromatic N) is 1. The van der Waals surface area contributed by atoms with Gasteiger partial charge >= 0.3 is 0 Å². The van der Waals surface area contributed by atoms with E-state index in [4.69, 9.17) is 10.5 Å².